The monoisotopic (exact) mass is 259 g/mol. The van der Waals surface area contributed by atoms with E-state index in [0.717, 1.165) is 0 Å². The van der Waals surface area contributed by atoms with Gasteiger partial charge in [0.2, 0.25) is 10.0 Å². The highest BCUT2D eigenvalue weighted by Gasteiger charge is 2.39. The number of ether oxygens (including phenoxy) is 1. The van der Waals surface area contributed by atoms with Gasteiger partial charge < -0.3 is 9.15 Å². The van der Waals surface area contributed by atoms with E-state index in [-0.39, 0.29) is 10.9 Å². The fraction of sp³-hybridized carbons (Fsp3) is 0.636. The van der Waals surface area contributed by atoms with Crippen molar-refractivity contribution in [3.05, 3.63) is 18.6 Å². The van der Waals surface area contributed by atoms with Crippen LogP contribution in [0.3, 0.4) is 0 Å². The lowest BCUT2D eigenvalue weighted by Gasteiger charge is -2.41. The summed E-state index contributed by atoms with van der Waals surface area (Å²) < 4.78 is 36.6. The Kier molecular flexibility index (Phi) is 3.05. The summed E-state index contributed by atoms with van der Waals surface area (Å²) in [5.41, 5.74) is -0.455. The van der Waals surface area contributed by atoms with Crippen molar-refractivity contribution in [2.75, 3.05) is 13.2 Å². The van der Waals surface area contributed by atoms with Crippen molar-refractivity contribution in [3.8, 4) is 0 Å². The smallest absolute Gasteiger partial charge is 0.246 e. The molecule has 1 atom stereocenters. The van der Waals surface area contributed by atoms with Gasteiger partial charge in [-0.15, -0.1) is 0 Å². The minimum atomic E-state index is -3.48. The van der Waals surface area contributed by atoms with E-state index in [1.807, 2.05) is 20.8 Å². The zero-order valence-electron chi connectivity index (χ0n) is 10.2. The van der Waals surface area contributed by atoms with Crippen LogP contribution in [0, 0.1) is 0 Å². The number of sulfonamides is 1. The van der Waals surface area contributed by atoms with Crippen LogP contribution in [0.1, 0.15) is 20.8 Å². The molecule has 0 N–H and O–H groups in total. The maximum Gasteiger partial charge on any atom is 0.246 e. The molecule has 0 aliphatic carbocycles. The van der Waals surface area contributed by atoms with Gasteiger partial charge in [-0.3, -0.25) is 0 Å². The molecular weight excluding hydrogens is 242 g/mol. The van der Waals surface area contributed by atoms with Gasteiger partial charge in [0, 0.05) is 12.6 Å². The van der Waals surface area contributed by atoms with Crippen LogP contribution < -0.4 is 0 Å². The summed E-state index contributed by atoms with van der Waals surface area (Å²) in [6.45, 7) is 6.37. The summed E-state index contributed by atoms with van der Waals surface area (Å²) in [6, 6.07) is 1.30. The fourth-order valence-corrected chi connectivity index (χ4v) is 3.55. The molecule has 1 aliphatic rings. The highest BCUT2D eigenvalue weighted by Crippen LogP contribution is 2.27. The Bertz CT molecular complexity index is 478. The van der Waals surface area contributed by atoms with Gasteiger partial charge in [0.05, 0.1) is 18.5 Å². The van der Waals surface area contributed by atoms with Gasteiger partial charge in [-0.25, -0.2) is 8.42 Å². The Morgan fingerprint density at radius 2 is 2.18 bits per heavy atom. The van der Waals surface area contributed by atoms with Crippen molar-refractivity contribution >= 4 is 10.0 Å². The number of rotatable bonds is 2. The van der Waals surface area contributed by atoms with Gasteiger partial charge in [-0.2, -0.15) is 4.31 Å². The van der Waals surface area contributed by atoms with Crippen LogP contribution in [0.25, 0.3) is 0 Å². The van der Waals surface area contributed by atoms with E-state index in [0.29, 0.717) is 13.2 Å². The summed E-state index contributed by atoms with van der Waals surface area (Å²) >= 11 is 0. The zero-order valence-corrected chi connectivity index (χ0v) is 11.0. The normalized spacial score (nSPS) is 25.9. The lowest BCUT2D eigenvalue weighted by atomic mass is 10.1. The molecule has 0 saturated carbocycles. The van der Waals surface area contributed by atoms with E-state index >= 15 is 0 Å². The quantitative estimate of drug-likeness (QED) is 0.807. The molecule has 1 aliphatic heterocycles. The molecule has 1 aromatic heterocycles. The lowest BCUT2D eigenvalue weighted by molar-refractivity contribution is -0.0849. The van der Waals surface area contributed by atoms with Crippen molar-refractivity contribution in [2.45, 2.75) is 37.3 Å². The van der Waals surface area contributed by atoms with Gasteiger partial charge in [0.15, 0.2) is 0 Å². The summed E-state index contributed by atoms with van der Waals surface area (Å²) in [6.07, 6.45) is 2.62. The summed E-state index contributed by atoms with van der Waals surface area (Å²) in [4.78, 5) is 0.196. The van der Waals surface area contributed by atoms with Crippen LogP contribution >= 0.6 is 0 Å². The maximum absolute atomic E-state index is 12.4. The van der Waals surface area contributed by atoms with Crippen molar-refractivity contribution in [1.29, 1.82) is 0 Å². The second kappa shape index (κ2) is 4.12. The highest BCUT2D eigenvalue weighted by molar-refractivity contribution is 7.89. The molecular formula is C11H17NO4S. The summed E-state index contributed by atoms with van der Waals surface area (Å²) in [5, 5.41) is 0. The standard InChI is InChI=1S/C11H17NO4S/c1-9-6-16-11(2,3)8-12(9)17(13,14)10-4-5-15-7-10/h4-5,7,9H,6,8H2,1-3H3/t9-/m0/s1. The molecule has 2 heterocycles. The van der Waals surface area contributed by atoms with E-state index in [1.165, 1.54) is 22.9 Å². The molecule has 0 radical (unpaired) electrons. The summed E-state index contributed by atoms with van der Waals surface area (Å²) in [5.74, 6) is 0. The lowest BCUT2D eigenvalue weighted by Crippen LogP contribution is -2.54. The molecule has 1 saturated heterocycles. The van der Waals surface area contributed by atoms with Crippen LogP contribution in [-0.4, -0.2) is 37.5 Å². The molecule has 1 aromatic rings. The largest absolute Gasteiger partial charge is 0.471 e. The third kappa shape index (κ3) is 2.38. The van der Waals surface area contributed by atoms with Crippen molar-refractivity contribution < 1.29 is 17.6 Å². The third-order valence-electron chi connectivity index (χ3n) is 2.85. The number of furan rings is 1. The first-order valence-electron chi connectivity index (χ1n) is 5.51. The Balaban J connectivity index is 2.32. The SMILES string of the molecule is C[C@H]1COC(C)(C)CN1S(=O)(=O)c1ccoc1. The van der Waals surface area contributed by atoms with Gasteiger partial charge in [0.25, 0.3) is 0 Å². The number of morpholine rings is 1. The Morgan fingerprint density at radius 1 is 1.47 bits per heavy atom. The van der Waals surface area contributed by atoms with Gasteiger partial charge in [-0.05, 0) is 26.8 Å². The molecule has 5 nitrogen and oxygen atoms in total. The molecule has 1 fully saturated rings. The first-order chi connectivity index (χ1) is 7.83. The van der Waals surface area contributed by atoms with Crippen LogP contribution in [0.5, 0.6) is 0 Å². The van der Waals surface area contributed by atoms with Gasteiger partial charge in [0.1, 0.15) is 11.2 Å². The maximum atomic E-state index is 12.4. The first-order valence-corrected chi connectivity index (χ1v) is 6.95. The fourth-order valence-electron chi connectivity index (χ4n) is 1.86. The molecule has 96 valence electrons. The Hall–Kier alpha value is -0.850. The molecule has 0 spiro atoms. The Morgan fingerprint density at radius 3 is 2.76 bits per heavy atom. The van der Waals surface area contributed by atoms with Gasteiger partial charge >= 0.3 is 0 Å². The van der Waals surface area contributed by atoms with Crippen molar-refractivity contribution in [1.82, 2.24) is 4.31 Å². The molecule has 0 bridgehead atoms. The van der Waals surface area contributed by atoms with Crippen LogP contribution in [0.4, 0.5) is 0 Å². The van der Waals surface area contributed by atoms with Crippen LogP contribution in [0.15, 0.2) is 27.9 Å². The van der Waals surface area contributed by atoms with Gasteiger partial charge in [-0.1, -0.05) is 0 Å². The molecule has 0 unspecified atom stereocenters. The predicted octanol–water partition coefficient (Wildman–Crippen LogP) is 1.47. The van der Waals surface area contributed by atoms with E-state index in [1.54, 1.807) is 0 Å². The second-order valence-electron chi connectivity index (χ2n) is 4.93. The van der Waals surface area contributed by atoms with E-state index in [2.05, 4.69) is 0 Å². The first kappa shape index (κ1) is 12.6. The minimum Gasteiger partial charge on any atom is -0.471 e. The molecule has 2 rings (SSSR count). The Labute approximate surface area is 101 Å². The van der Waals surface area contributed by atoms with Crippen molar-refractivity contribution in [2.24, 2.45) is 0 Å². The third-order valence-corrected chi connectivity index (χ3v) is 4.78. The van der Waals surface area contributed by atoms with Crippen LogP contribution in [-0.2, 0) is 14.8 Å². The zero-order chi connectivity index (χ0) is 12.7. The van der Waals surface area contributed by atoms with Crippen molar-refractivity contribution in [3.63, 3.8) is 0 Å². The minimum absolute atomic E-state index is 0.164. The second-order valence-corrected chi connectivity index (χ2v) is 6.82. The molecule has 6 heteroatoms. The van der Waals surface area contributed by atoms with Crippen LogP contribution in [0.2, 0.25) is 0 Å². The molecule has 0 aromatic carbocycles. The average molecular weight is 259 g/mol. The average Bonchev–Trinajstić information content (AvgIpc) is 2.75. The molecule has 0 amide bonds. The van der Waals surface area contributed by atoms with E-state index < -0.39 is 15.6 Å². The van der Waals surface area contributed by atoms with E-state index in [9.17, 15) is 8.42 Å². The van der Waals surface area contributed by atoms with E-state index in [4.69, 9.17) is 9.15 Å². The topological polar surface area (TPSA) is 59.8 Å². The number of hydrogen-bond acceptors (Lipinski definition) is 4. The molecule has 17 heavy (non-hydrogen) atoms. The highest BCUT2D eigenvalue weighted by atomic mass is 32.2. The predicted molar refractivity (Wildman–Crippen MR) is 62.1 cm³/mol. The summed E-state index contributed by atoms with van der Waals surface area (Å²) in [7, 11) is -3.48. The number of hydrogen-bond donors (Lipinski definition) is 0. The number of nitrogens with zero attached hydrogens (tertiary/aromatic N) is 1.